The van der Waals surface area contributed by atoms with E-state index in [2.05, 4.69) is 10.4 Å². The first kappa shape index (κ1) is 14.4. The predicted octanol–water partition coefficient (Wildman–Crippen LogP) is 4.09. The number of rotatable bonds is 3. The molecule has 1 amide bonds. The van der Waals surface area contributed by atoms with E-state index in [1.54, 1.807) is 30.5 Å². The molecule has 0 fully saturated rings. The van der Waals surface area contributed by atoms with Gasteiger partial charge in [0.05, 0.1) is 5.69 Å². The van der Waals surface area contributed by atoms with Gasteiger partial charge in [-0.25, -0.2) is 4.68 Å². The van der Waals surface area contributed by atoms with Gasteiger partial charge in [-0.3, -0.25) is 4.79 Å². The molecule has 2 aromatic carbocycles. The third kappa shape index (κ3) is 3.02. The Bertz CT molecular complexity index is 792. The molecular formula is C17H14ClN3O. The summed E-state index contributed by atoms with van der Waals surface area (Å²) in [5, 5.41) is 7.71. The van der Waals surface area contributed by atoms with Gasteiger partial charge in [0, 0.05) is 28.2 Å². The minimum Gasteiger partial charge on any atom is -0.322 e. The third-order valence-electron chi connectivity index (χ3n) is 3.31. The Morgan fingerprint density at radius 1 is 1.05 bits per heavy atom. The highest BCUT2D eigenvalue weighted by Gasteiger charge is 2.06. The zero-order chi connectivity index (χ0) is 15.5. The highest BCUT2D eigenvalue weighted by molar-refractivity contribution is 6.30. The van der Waals surface area contributed by atoms with Crippen molar-refractivity contribution in [3.05, 3.63) is 77.1 Å². The standard InChI is InChI=1S/C17H14ClN3O/c1-12-10-11-19-21(12)16-8-6-15(7-9-16)20-17(22)13-2-4-14(18)5-3-13/h2-11H,1H3,(H,20,22). The van der Waals surface area contributed by atoms with Gasteiger partial charge < -0.3 is 5.32 Å². The van der Waals surface area contributed by atoms with E-state index in [4.69, 9.17) is 11.6 Å². The molecule has 3 rings (SSSR count). The number of halogens is 1. The Balaban J connectivity index is 1.75. The molecule has 0 saturated carbocycles. The van der Waals surface area contributed by atoms with Gasteiger partial charge in [0.15, 0.2) is 0 Å². The molecule has 3 aromatic rings. The fourth-order valence-corrected chi connectivity index (χ4v) is 2.26. The monoisotopic (exact) mass is 311 g/mol. The molecule has 0 saturated heterocycles. The topological polar surface area (TPSA) is 46.9 Å². The molecular weight excluding hydrogens is 298 g/mol. The second-order valence-electron chi connectivity index (χ2n) is 4.89. The SMILES string of the molecule is Cc1ccnn1-c1ccc(NC(=O)c2ccc(Cl)cc2)cc1. The Morgan fingerprint density at radius 3 is 2.32 bits per heavy atom. The Morgan fingerprint density at radius 2 is 1.73 bits per heavy atom. The first-order valence-corrected chi connectivity index (χ1v) is 7.19. The van der Waals surface area contributed by atoms with Crippen molar-refractivity contribution in [2.45, 2.75) is 6.92 Å². The van der Waals surface area contributed by atoms with Crippen LogP contribution in [-0.4, -0.2) is 15.7 Å². The van der Waals surface area contributed by atoms with Crippen molar-refractivity contribution in [3.8, 4) is 5.69 Å². The van der Waals surface area contributed by atoms with Gasteiger partial charge in [-0.05, 0) is 61.5 Å². The number of nitrogens with one attached hydrogen (secondary N) is 1. The molecule has 0 atom stereocenters. The second kappa shape index (κ2) is 6.03. The van der Waals surface area contributed by atoms with Crippen molar-refractivity contribution < 1.29 is 4.79 Å². The molecule has 1 N–H and O–H groups in total. The lowest BCUT2D eigenvalue weighted by atomic mass is 10.2. The van der Waals surface area contributed by atoms with Gasteiger partial charge in [0.1, 0.15) is 0 Å². The summed E-state index contributed by atoms with van der Waals surface area (Å²) in [6.07, 6.45) is 1.76. The third-order valence-corrected chi connectivity index (χ3v) is 3.56. The van der Waals surface area contributed by atoms with Crippen LogP contribution in [0, 0.1) is 6.92 Å². The van der Waals surface area contributed by atoms with Crippen molar-refractivity contribution in [2.24, 2.45) is 0 Å². The molecule has 0 aliphatic rings. The molecule has 4 nitrogen and oxygen atoms in total. The van der Waals surface area contributed by atoms with Gasteiger partial charge >= 0.3 is 0 Å². The molecule has 22 heavy (non-hydrogen) atoms. The summed E-state index contributed by atoms with van der Waals surface area (Å²) in [4.78, 5) is 12.1. The van der Waals surface area contributed by atoms with E-state index in [9.17, 15) is 4.79 Å². The van der Waals surface area contributed by atoms with Crippen molar-refractivity contribution in [2.75, 3.05) is 5.32 Å². The largest absolute Gasteiger partial charge is 0.322 e. The molecule has 0 unspecified atom stereocenters. The number of benzene rings is 2. The predicted molar refractivity (Wildman–Crippen MR) is 87.7 cm³/mol. The lowest BCUT2D eigenvalue weighted by Crippen LogP contribution is -2.11. The maximum absolute atomic E-state index is 12.1. The van der Waals surface area contributed by atoms with E-state index >= 15 is 0 Å². The van der Waals surface area contributed by atoms with Crippen LogP contribution in [0.4, 0.5) is 5.69 Å². The molecule has 1 heterocycles. The lowest BCUT2D eigenvalue weighted by molar-refractivity contribution is 0.102. The summed E-state index contributed by atoms with van der Waals surface area (Å²) in [6, 6.07) is 16.2. The molecule has 0 aliphatic heterocycles. The fraction of sp³-hybridized carbons (Fsp3) is 0.0588. The average molecular weight is 312 g/mol. The van der Waals surface area contributed by atoms with Crippen LogP contribution in [0.5, 0.6) is 0 Å². The Hall–Kier alpha value is -2.59. The summed E-state index contributed by atoms with van der Waals surface area (Å²) in [6.45, 7) is 1.99. The second-order valence-corrected chi connectivity index (χ2v) is 5.33. The van der Waals surface area contributed by atoms with Crippen LogP contribution >= 0.6 is 11.6 Å². The number of aromatic nitrogens is 2. The van der Waals surface area contributed by atoms with Gasteiger partial charge in [0.2, 0.25) is 0 Å². The number of nitrogens with zero attached hydrogens (tertiary/aromatic N) is 2. The Labute approximate surface area is 133 Å². The smallest absolute Gasteiger partial charge is 0.255 e. The minimum atomic E-state index is -0.167. The summed E-state index contributed by atoms with van der Waals surface area (Å²) in [7, 11) is 0. The molecule has 0 radical (unpaired) electrons. The van der Waals surface area contributed by atoms with Crippen LogP contribution < -0.4 is 5.32 Å². The van der Waals surface area contributed by atoms with Gasteiger partial charge in [-0.15, -0.1) is 0 Å². The van der Waals surface area contributed by atoms with Crippen molar-refractivity contribution in [1.82, 2.24) is 9.78 Å². The van der Waals surface area contributed by atoms with E-state index in [1.165, 1.54) is 0 Å². The zero-order valence-corrected chi connectivity index (χ0v) is 12.7. The van der Waals surface area contributed by atoms with Gasteiger partial charge in [-0.1, -0.05) is 11.6 Å². The van der Waals surface area contributed by atoms with Gasteiger partial charge in [-0.2, -0.15) is 5.10 Å². The quantitative estimate of drug-likeness (QED) is 0.792. The highest BCUT2D eigenvalue weighted by atomic mass is 35.5. The number of hydrogen-bond acceptors (Lipinski definition) is 2. The van der Waals surface area contributed by atoms with Crippen LogP contribution in [0.15, 0.2) is 60.8 Å². The maximum Gasteiger partial charge on any atom is 0.255 e. The van der Waals surface area contributed by atoms with Crippen LogP contribution in [0.1, 0.15) is 16.1 Å². The summed E-state index contributed by atoms with van der Waals surface area (Å²) >= 11 is 5.82. The maximum atomic E-state index is 12.1. The number of anilines is 1. The highest BCUT2D eigenvalue weighted by Crippen LogP contribution is 2.16. The van der Waals surface area contributed by atoms with Crippen molar-refractivity contribution in [1.29, 1.82) is 0 Å². The van der Waals surface area contributed by atoms with Gasteiger partial charge in [0.25, 0.3) is 5.91 Å². The first-order chi connectivity index (χ1) is 10.6. The van der Waals surface area contributed by atoms with Crippen LogP contribution in [-0.2, 0) is 0 Å². The van der Waals surface area contributed by atoms with E-state index in [-0.39, 0.29) is 5.91 Å². The molecule has 5 heteroatoms. The first-order valence-electron chi connectivity index (χ1n) is 6.81. The molecule has 110 valence electrons. The fourth-order valence-electron chi connectivity index (χ4n) is 2.13. The summed E-state index contributed by atoms with van der Waals surface area (Å²) in [5.41, 5.74) is 3.30. The number of amides is 1. The molecule has 0 aliphatic carbocycles. The number of aryl methyl sites for hydroxylation is 1. The minimum absolute atomic E-state index is 0.167. The lowest BCUT2D eigenvalue weighted by Gasteiger charge is -2.08. The normalized spacial score (nSPS) is 10.5. The van der Waals surface area contributed by atoms with Crippen LogP contribution in [0.3, 0.4) is 0 Å². The number of carbonyl (C=O) groups is 1. The summed E-state index contributed by atoms with van der Waals surface area (Å²) in [5.74, 6) is -0.167. The van der Waals surface area contributed by atoms with E-state index in [1.807, 2.05) is 41.9 Å². The number of carbonyl (C=O) groups excluding carboxylic acids is 1. The Kier molecular flexibility index (Phi) is 3.94. The number of hydrogen-bond donors (Lipinski definition) is 1. The van der Waals surface area contributed by atoms with E-state index in [0.717, 1.165) is 17.1 Å². The molecule has 1 aromatic heterocycles. The van der Waals surface area contributed by atoms with Crippen LogP contribution in [0.25, 0.3) is 5.69 Å². The molecule has 0 bridgehead atoms. The van der Waals surface area contributed by atoms with Crippen molar-refractivity contribution >= 4 is 23.2 Å². The average Bonchev–Trinajstić information content (AvgIpc) is 2.95. The van der Waals surface area contributed by atoms with Crippen LogP contribution in [0.2, 0.25) is 5.02 Å². The molecule has 0 spiro atoms. The van der Waals surface area contributed by atoms with Crippen molar-refractivity contribution in [3.63, 3.8) is 0 Å². The summed E-state index contributed by atoms with van der Waals surface area (Å²) < 4.78 is 1.84. The zero-order valence-electron chi connectivity index (χ0n) is 12.0. The van der Waals surface area contributed by atoms with E-state index < -0.39 is 0 Å². The van der Waals surface area contributed by atoms with E-state index in [0.29, 0.717) is 10.6 Å².